The summed E-state index contributed by atoms with van der Waals surface area (Å²) < 4.78 is 104. The van der Waals surface area contributed by atoms with Crippen LogP contribution < -0.4 is 23.7 Å². The summed E-state index contributed by atoms with van der Waals surface area (Å²) in [6, 6.07) is 8.38. The van der Waals surface area contributed by atoms with E-state index in [1.165, 1.54) is 6.07 Å². The molecule has 0 N–H and O–H groups in total. The highest BCUT2D eigenvalue weighted by atomic mass is 19.4. The van der Waals surface area contributed by atoms with E-state index in [1.54, 1.807) is 0 Å². The van der Waals surface area contributed by atoms with Crippen LogP contribution in [0.4, 0.5) is 22.0 Å². The molecule has 0 unspecified atom stereocenters. The minimum absolute atomic E-state index is 0.126. The van der Waals surface area contributed by atoms with E-state index in [-0.39, 0.29) is 22.8 Å². The van der Waals surface area contributed by atoms with Gasteiger partial charge in [0.2, 0.25) is 20.4 Å². The predicted molar refractivity (Wildman–Crippen MR) is 139 cm³/mol. The summed E-state index contributed by atoms with van der Waals surface area (Å²) in [5, 5.41) is 0. The first kappa shape index (κ1) is 32.9. The van der Waals surface area contributed by atoms with Crippen LogP contribution in [0.15, 0.2) is 79.9 Å². The van der Waals surface area contributed by atoms with Crippen LogP contribution in [0.25, 0.3) is 0 Å². The third-order valence-electron chi connectivity index (χ3n) is 5.14. The van der Waals surface area contributed by atoms with Crippen LogP contribution in [0.2, 0.25) is 0 Å². The van der Waals surface area contributed by atoms with E-state index in [0.29, 0.717) is 12.1 Å². The zero-order valence-electron chi connectivity index (χ0n) is 22.4. The monoisotopic (exact) mass is 624 g/mol. The highest BCUT2D eigenvalue weighted by molar-refractivity contribution is 5.91. The number of hydrogen-bond donors (Lipinski definition) is 0. The Labute approximate surface area is 245 Å². The van der Waals surface area contributed by atoms with Gasteiger partial charge in [-0.2, -0.15) is 13.2 Å². The smallest absolute Gasteiger partial charge is 0.420 e. The average Bonchev–Trinajstić information content (AvgIpc) is 2.98. The van der Waals surface area contributed by atoms with Crippen molar-refractivity contribution in [2.24, 2.45) is 0 Å². The number of benzene rings is 3. The van der Waals surface area contributed by atoms with E-state index in [2.05, 4.69) is 22.6 Å². The number of rotatable bonds is 14. The van der Waals surface area contributed by atoms with Crippen molar-refractivity contribution in [2.45, 2.75) is 6.18 Å². The van der Waals surface area contributed by atoms with Gasteiger partial charge in [-0.3, -0.25) is 0 Å². The summed E-state index contributed by atoms with van der Waals surface area (Å²) in [7, 11) is 0. The Morgan fingerprint density at radius 3 is 1.73 bits per heavy atom. The lowest BCUT2D eigenvalue weighted by Gasteiger charge is -2.16. The lowest BCUT2D eigenvalue weighted by Crippen LogP contribution is -2.14. The van der Waals surface area contributed by atoms with Gasteiger partial charge >= 0.3 is 24.1 Å². The molecule has 0 aliphatic heterocycles. The molecule has 0 spiro atoms. The van der Waals surface area contributed by atoms with Gasteiger partial charge < -0.3 is 33.2 Å². The van der Waals surface area contributed by atoms with E-state index < -0.39 is 73.2 Å². The van der Waals surface area contributed by atoms with Crippen LogP contribution in [0.5, 0.6) is 28.7 Å². The first-order valence-electron chi connectivity index (χ1n) is 12.0. The molecule has 0 atom stereocenters. The second kappa shape index (κ2) is 15.0. The van der Waals surface area contributed by atoms with Crippen LogP contribution in [-0.4, -0.2) is 38.3 Å². The molecule has 15 heteroatoms. The van der Waals surface area contributed by atoms with Crippen molar-refractivity contribution in [2.75, 3.05) is 20.4 Å². The number of esters is 3. The molecule has 232 valence electrons. The Hall–Kier alpha value is -5.60. The summed E-state index contributed by atoms with van der Waals surface area (Å²) in [5.41, 5.74) is -1.69. The van der Waals surface area contributed by atoms with Crippen LogP contribution in [0, 0.1) is 11.6 Å². The molecule has 0 aliphatic carbocycles. The number of carbonyl (C=O) groups is 3. The van der Waals surface area contributed by atoms with Crippen molar-refractivity contribution < 1.29 is 69.5 Å². The van der Waals surface area contributed by atoms with Gasteiger partial charge in [-0.15, -0.1) is 0 Å². The van der Waals surface area contributed by atoms with Gasteiger partial charge in [0.25, 0.3) is 0 Å². The van der Waals surface area contributed by atoms with Crippen molar-refractivity contribution in [1.29, 1.82) is 0 Å². The van der Waals surface area contributed by atoms with Gasteiger partial charge in [-0.1, -0.05) is 13.2 Å². The molecular weight excluding hydrogens is 603 g/mol. The molecule has 3 aromatic carbocycles. The van der Waals surface area contributed by atoms with E-state index in [9.17, 15) is 36.3 Å². The molecule has 0 amide bonds. The lowest BCUT2D eigenvalue weighted by atomic mass is 10.1. The second-order valence-corrected chi connectivity index (χ2v) is 8.05. The third kappa shape index (κ3) is 9.47. The highest BCUT2D eigenvalue weighted by Gasteiger charge is 2.35. The summed E-state index contributed by atoms with van der Waals surface area (Å²) >= 11 is 0. The maximum atomic E-state index is 14.3. The molecule has 0 radical (unpaired) electrons. The van der Waals surface area contributed by atoms with Crippen molar-refractivity contribution in [3.8, 4) is 28.7 Å². The molecule has 0 saturated heterocycles. The number of alkyl halides is 3. The molecule has 0 fully saturated rings. The maximum Gasteiger partial charge on any atom is 0.420 e. The van der Waals surface area contributed by atoms with Gasteiger partial charge in [0.05, 0.1) is 5.56 Å². The minimum atomic E-state index is -4.96. The number of halogens is 5. The fourth-order valence-electron chi connectivity index (χ4n) is 3.10. The second-order valence-electron chi connectivity index (χ2n) is 8.05. The quantitative estimate of drug-likeness (QED) is 0.0722. The number of carbonyl (C=O) groups excluding carboxylic acids is 3. The van der Waals surface area contributed by atoms with Crippen LogP contribution in [-0.2, 0) is 25.2 Å². The highest BCUT2D eigenvalue weighted by Crippen LogP contribution is 2.39. The molecule has 0 aromatic heterocycles. The zero-order valence-corrected chi connectivity index (χ0v) is 22.4. The summed E-state index contributed by atoms with van der Waals surface area (Å²) in [5.74, 6) is -6.78. The predicted octanol–water partition coefficient (Wildman–Crippen LogP) is 5.75. The van der Waals surface area contributed by atoms with Crippen LogP contribution in [0.1, 0.15) is 15.9 Å². The van der Waals surface area contributed by atoms with Gasteiger partial charge in [0.15, 0.2) is 23.1 Å². The molecular formula is C29H21F5O10. The molecule has 0 aliphatic rings. The summed E-state index contributed by atoms with van der Waals surface area (Å²) in [4.78, 5) is 34.4. The lowest BCUT2D eigenvalue weighted by molar-refractivity contribution is -0.145. The maximum absolute atomic E-state index is 14.3. The minimum Gasteiger partial charge on any atom is -0.457 e. The summed E-state index contributed by atoms with van der Waals surface area (Å²) in [6.07, 6.45) is -3.21. The largest absolute Gasteiger partial charge is 0.457 e. The standard InChI is InChI=1S/C29H21F5O10/c1-3-26(35)42-15-40-24-8-5-17(11-21(24)30)28(37)44-19-7-9-23(20(12-19)29(32,33)34)39-14-38-18-6-10-25(22(31)13-18)41-16-43-27(36)4-2/h3-13H,1-2,14-16H2. The van der Waals surface area contributed by atoms with E-state index in [4.69, 9.17) is 23.7 Å². The Balaban J connectivity index is 1.62. The SMILES string of the molecule is C=CC(=O)OCOc1ccc(OCOc2ccc(OC(=O)c3ccc(OCOC(=O)C=C)c(F)c3)cc2C(F)(F)F)cc1F. The fourth-order valence-corrected chi connectivity index (χ4v) is 3.10. The van der Waals surface area contributed by atoms with Crippen LogP contribution >= 0.6 is 0 Å². The molecule has 10 nitrogen and oxygen atoms in total. The number of hydrogen-bond acceptors (Lipinski definition) is 10. The van der Waals surface area contributed by atoms with Crippen molar-refractivity contribution in [1.82, 2.24) is 0 Å². The fraction of sp³-hybridized carbons (Fsp3) is 0.138. The van der Waals surface area contributed by atoms with E-state index in [1.807, 2.05) is 0 Å². The van der Waals surface area contributed by atoms with Gasteiger partial charge in [-0.05, 0) is 48.5 Å². The molecule has 44 heavy (non-hydrogen) atoms. The molecule has 3 aromatic rings. The van der Waals surface area contributed by atoms with E-state index in [0.717, 1.165) is 48.6 Å². The number of ether oxygens (including phenoxy) is 7. The Morgan fingerprint density at radius 2 is 1.18 bits per heavy atom. The molecule has 0 bridgehead atoms. The Kier molecular flexibility index (Phi) is 11.2. The van der Waals surface area contributed by atoms with Gasteiger partial charge in [0.1, 0.15) is 22.8 Å². The van der Waals surface area contributed by atoms with Crippen LogP contribution in [0.3, 0.4) is 0 Å². The first-order valence-corrected chi connectivity index (χ1v) is 12.0. The molecule has 3 rings (SSSR count). The van der Waals surface area contributed by atoms with Gasteiger partial charge in [-0.25, -0.2) is 23.2 Å². The average molecular weight is 624 g/mol. The topological polar surface area (TPSA) is 116 Å². The van der Waals surface area contributed by atoms with E-state index >= 15 is 0 Å². The Morgan fingerprint density at radius 1 is 0.659 bits per heavy atom. The van der Waals surface area contributed by atoms with Crippen molar-refractivity contribution in [3.05, 3.63) is 103 Å². The molecule has 0 saturated carbocycles. The zero-order chi connectivity index (χ0) is 32.3. The summed E-state index contributed by atoms with van der Waals surface area (Å²) in [6.45, 7) is 4.36. The van der Waals surface area contributed by atoms with Crippen molar-refractivity contribution in [3.63, 3.8) is 0 Å². The first-order chi connectivity index (χ1) is 20.9. The van der Waals surface area contributed by atoms with Crippen molar-refractivity contribution >= 4 is 17.9 Å². The van der Waals surface area contributed by atoms with Gasteiger partial charge in [0, 0.05) is 18.2 Å². The molecule has 0 heterocycles. The normalized spacial score (nSPS) is 10.7. The Bertz CT molecular complexity index is 1540. The third-order valence-corrected chi connectivity index (χ3v) is 5.14.